The molecule has 3 rings (SSSR count). The van der Waals surface area contributed by atoms with E-state index < -0.39 is 11.3 Å². The summed E-state index contributed by atoms with van der Waals surface area (Å²) in [6, 6.07) is 17.1. The Hall–Kier alpha value is -3.54. The molecule has 0 aliphatic carbocycles. The predicted molar refractivity (Wildman–Crippen MR) is 99.0 cm³/mol. The molecule has 0 unspecified atom stereocenters. The van der Waals surface area contributed by atoms with Crippen LogP contribution in [0.15, 0.2) is 65.5 Å². The molecule has 6 heteroatoms. The molecule has 1 N–H and O–H groups in total. The highest BCUT2D eigenvalue weighted by Crippen LogP contribution is 2.12. The highest BCUT2D eigenvalue weighted by molar-refractivity contribution is 6.03. The van der Waals surface area contributed by atoms with Crippen LogP contribution in [-0.2, 0) is 0 Å². The first-order valence-corrected chi connectivity index (χ1v) is 8.04. The lowest BCUT2D eigenvalue weighted by Gasteiger charge is -2.11. The number of carbonyl (C=O) groups is 2. The average molecular weight is 347 g/mol. The highest BCUT2D eigenvalue weighted by atomic mass is 16.2. The molecule has 130 valence electrons. The summed E-state index contributed by atoms with van der Waals surface area (Å²) in [5.41, 5.74) is 1.76. The van der Waals surface area contributed by atoms with E-state index in [1.54, 1.807) is 35.9 Å². The van der Waals surface area contributed by atoms with Gasteiger partial charge in [0.15, 0.2) is 11.5 Å². The van der Waals surface area contributed by atoms with E-state index in [9.17, 15) is 14.4 Å². The number of ketones is 1. The molecule has 0 aliphatic rings. The van der Waals surface area contributed by atoms with Gasteiger partial charge in [0.05, 0.1) is 5.69 Å². The molecule has 0 saturated heterocycles. The smallest absolute Gasteiger partial charge is 0.280 e. The summed E-state index contributed by atoms with van der Waals surface area (Å²) in [5.74, 6) is -0.663. The van der Waals surface area contributed by atoms with Crippen LogP contribution in [0.25, 0.3) is 5.69 Å². The topological polar surface area (TPSA) is 81.1 Å². The number of hydrogen-bond donors (Lipinski definition) is 1. The number of nitrogens with zero attached hydrogens (tertiary/aromatic N) is 2. The maximum Gasteiger partial charge on any atom is 0.280 e. The Bertz CT molecular complexity index is 1020. The Morgan fingerprint density at radius 1 is 1.00 bits per heavy atom. The number of anilines is 1. The van der Waals surface area contributed by atoms with Crippen molar-refractivity contribution >= 4 is 17.4 Å². The van der Waals surface area contributed by atoms with Crippen molar-refractivity contribution in [2.45, 2.75) is 13.8 Å². The second kappa shape index (κ2) is 7.14. The molecule has 3 aromatic rings. The number of Topliss-reactive ketones (excluding diaryl/α,β-unsaturated/α-hetero) is 1. The molecule has 0 fully saturated rings. The summed E-state index contributed by atoms with van der Waals surface area (Å²) in [4.78, 5) is 36.0. The van der Waals surface area contributed by atoms with Gasteiger partial charge in [0, 0.05) is 23.0 Å². The Morgan fingerprint density at radius 3 is 2.27 bits per heavy atom. The van der Waals surface area contributed by atoms with Gasteiger partial charge in [-0.25, -0.2) is 4.68 Å². The van der Waals surface area contributed by atoms with Gasteiger partial charge in [-0.1, -0.05) is 18.2 Å². The second-order valence-electron chi connectivity index (χ2n) is 5.83. The maximum atomic E-state index is 12.5. The van der Waals surface area contributed by atoms with E-state index >= 15 is 0 Å². The molecule has 0 radical (unpaired) electrons. The Morgan fingerprint density at radius 2 is 1.65 bits per heavy atom. The lowest BCUT2D eigenvalue weighted by molar-refractivity contribution is 0.101. The monoisotopic (exact) mass is 347 g/mol. The number of para-hydroxylation sites is 1. The lowest BCUT2D eigenvalue weighted by atomic mass is 10.1. The van der Waals surface area contributed by atoms with Crippen LogP contribution < -0.4 is 10.7 Å². The van der Waals surface area contributed by atoms with Gasteiger partial charge in [-0.05, 0) is 50.2 Å². The number of aryl methyl sites for hydroxylation is 1. The standard InChI is InChI=1S/C20H17N3O3/c1-13-12-18(25)19(22-23(13)17-6-4-3-5-7-17)20(26)21-16-10-8-15(9-11-16)14(2)24/h3-12H,1-2H3,(H,21,26). The normalized spacial score (nSPS) is 10.4. The Kier molecular flexibility index (Phi) is 4.75. The summed E-state index contributed by atoms with van der Waals surface area (Å²) in [6.07, 6.45) is 0. The van der Waals surface area contributed by atoms with Gasteiger partial charge in [0.2, 0.25) is 5.43 Å². The molecule has 1 aromatic heterocycles. The molecule has 26 heavy (non-hydrogen) atoms. The summed E-state index contributed by atoms with van der Waals surface area (Å²) >= 11 is 0. The second-order valence-corrected chi connectivity index (χ2v) is 5.83. The Labute approximate surface area is 150 Å². The fourth-order valence-corrected chi connectivity index (χ4v) is 2.51. The van der Waals surface area contributed by atoms with E-state index in [1.807, 2.05) is 30.3 Å². The third-order valence-electron chi connectivity index (χ3n) is 3.87. The zero-order valence-electron chi connectivity index (χ0n) is 14.4. The van der Waals surface area contributed by atoms with Crippen LogP contribution in [0.1, 0.15) is 33.5 Å². The average Bonchev–Trinajstić information content (AvgIpc) is 2.63. The zero-order valence-corrected chi connectivity index (χ0v) is 14.4. The maximum absolute atomic E-state index is 12.5. The minimum Gasteiger partial charge on any atom is -0.320 e. The minimum absolute atomic E-state index is 0.0613. The summed E-state index contributed by atoms with van der Waals surface area (Å²) < 4.78 is 1.55. The first kappa shape index (κ1) is 17.3. The van der Waals surface area contributed by atoms with Gasteiger partial charge < -0.3 is 5.32 Å². The third kappa shape index (κ3) is 3.59. The van der Waals surface area contributed by atoms with Crippen LogP contribution in [0.5, 0.6) is 0 Å². The third-order valence-corrected chi connectivity index (χ3v) is 3.87. The molecule has 0 atom stereocenters. The van der Waals surface area contributed by atoms with E-state index in [0.29, 0.717) is 16.9 Å². The first-order chi connectivity index (χ1) is 12.5. The fourth-order valence-electron chi connectivity index (χ4n) is 2.51. The van der Waals surface area contributed by atoms with Crippen molar-refractivity contribution in [3.8, 4) is 5.69 Å². The van der Waals surface area contributed by atoms with Gasteiger partial charge >= 0.3 is 0 Å². The van der Waals surface area contributed by atoms with E-state index in [-0.39, 0.29) is 11.5 Å². The van der Waals surface area contributed by atoms with Gasteiger partial charge in [-0.2, -0.15) is 5.10 Å². The van der Waals surface area contributed by atoms with Crippen LogP contribution >= 0.6 is 0 Å². The van der Waals surface area contributed by atoms with E-state index in [2.05, 4.69) is 10.4 Å². The van der Waals surface area contributed by atoms with Gasteiger partial charge in [0.1, 0.15) is 0 Å². The molecule has 0 bridgehead atoms. The number of hydrogen-bond acceptors (Lipinski definition) is 4. The summed E-state index contributed by atoms with van der Waals surface area (Å²) in [5, 5.41) is 6.86. The van der Waals surface area contributed by atoms with Crippen molar-refractivity contribution in [2.24, 2.45) is 0 Å². The van der Waals surface area contributed by atoms with Gasteiger partial charge in [-0.3, -0.25) is 14.4 Å². The number of aromatic nitrogens is 2. The molecular formula is C20H17N3O3. The minimum atomic E-state index is -0.602. The van der Waals surface area contributed by atoms with Crippen molar-refractivity contribution in [1.82, 2.24) is 9.78 Å². The molecule has 1 amide bonds. The van der Waals surface area contributed by atoms with Crippen LogP contribution in [-0.4, -0.2) is 21.5 Å². The molecule has 0 spiro atoms. The van der Waals surface area contributed by atoms with Crippen molar-refractivity contribution < 1.29 is 9.59 Å². The fraction of sp³-hybridized carbons (Fsp3) is 0.100. The van der Waals surface area contributed by atoms with Crippen molar-refractivity contribution in [3.05, 3.63) is 87.8 Å². The quantitative estimate of drug-likeness (QED) is 0.736. The first-order valence-electron chi connectivity index (χ1n) is 8.04. The van der Waals surface area contributed by atoms with Crippen LogP contribution in [0, 0.1) is 6.92 Å². The molecular weight excluding hydrogens is 330 g/mol. The molecule has 0 saturated carbocycles. The van der Waals surface area contributed by atoms with Crippen LogP contribution in [0.3, 0.4) is 0 Å². The zero-order chi connectivity index (χ0) is 18.7. The van der Waals surface area contributed by atoms with Gasteiger partial charge in [-0.15, -0.1) is 0 Å². The van der Waals surface area contributed by atoms with Crippen LogP contribution in [0.2, 0.25) is 0 Å². The highest BCUT2D eigenvalue weighted by Gasteiger charge is 2.15. The molecule has 0 aliphatic heterocycles. The number of carbonyl (C=O) groups excluding carboxylic acids is 2. The van der Waals surface area contributed by atoms with Crippen LogP contribution in [0.4, 0.5) is 5.69 Å². The summed E-state index contributed by atoms with van der Waals surface area (Å²) in [6.45, 7) is 3.22. The van der Waals surface area contributed by atoms with Crippen molar-refractivity contribution in [3.63, 3.8) is 0 Å². The SMILES string of the molecule is CC(=O)c1ccc(NC(=O)c2nn(-c3ccccc3)c(C)cc2=O)cc1. The number of benzene rings is 2. The van der Waals surface area contributed by atoms with Crippen molar-refractivity contribution in [2.75, 3.05) is 5.32 Å². The molecule has 6 nitrogen and oxygen atoms in total. The number of rotatable bonds is 4. The lowest BCUT2D eigenvalue weighted by Crippen LogP contribution is -2.26. The predicted octanol–water partition coefficient (Wildman–Crippen LogP) is 3.00. The van der Waals surface area contributed by atoms with E-state index in [0.717, 1.165) is 5.69 Å². The number of nitrogens with one attached hydrogen (secondary N) is 1. The summed E-state index contributed by atoms with van der Waals surface area (Å²) in [7, 11) is 0. The largest absolute Gasteiger partial charge is 0.320 e. The van der Waals surface area contributed by atoms with E-state index in [1.165, 1.54) is 13.0 Å². The van der Waals surface area contributed by atoms with Gasteiger partial charge in [0.25, 0.3) is 5.91 Å². The molecule has 1 heterocycles. The number of amides is 1. The molecule has 2 aromatic carbocycles. The van der Waals surface area contributed by atoms with Crippen molar-refractivity contribution in [1.29, 1.82) is 0 Å². The Balaban J connectivity index is 1.92. The van der Waals surface area contributed by atoms with E-state index in [4.69, 9.17) is 0 Å².